The van der Waals surface area contributed by atoms with Crippen molar-refractivity contribution in [2.24, 2.45) is 0 Å². The minimum Gasteiger partial charge on any atom is -0.493 e. The third kappa shape index (κ3) is 3.45. The molecular formula is C19H23NO4. The molecule has 0 saturated carbocycles. The number of rotatable bonds is 6. The van der Waals surface area contributed by atoms with E-state index in [9.17, 15) is 4.79 Å². The molecule has 5 heteroatoms. The summed E-state index contributed by atoms with van der Waals surface area (Å²) in [5, 5.41) is 2.86. The summed E-state index contributed by atoms with van der Waals surface area (Å²) in [7, 11) is 4.78. The molecule has 0 saturated heterocycles. The van der Waals surface area contributed by atoms with Gasteiger partial charge in [-0.2, -0.15) is 0 Å². The number of methoxy groups -OCH3 is 3. The lowest BCUT2D eigenvalue weighted by Gasteiger charge is -2.17. The summed E-state index contributed by atoms with van der Waals surface area (Å²) in [4.78, 5) is 11.3. The fourth-order valence-corrected chi connectivity index (χ4v) is 2.69. The van der Waals surface area contributed by atoms with Crippen LogP contribution in [0.15, 0.2) is 30.3 Å². The van der Waals surface area contributed by atoms with Crippen molar-refractivity contribution in [2.75, 3.05) is 26.6 Å². The van der Waals surface area contributed by atoms with Crippen molar-refractivity contribution in [3.63, 3.8) is 0 Å². The summed E-state index contributed by atoms with van der Waals surface area (Å²) in [6.45, 7) is 3.56. The second-order valence-corrected chi connectivity index (χ2v) is 5.29. The van der Waals surface area contributed by atoms with Crippen LogP contribution in [0, 0.1) is 0 Å². The molecule has 0 aliphatic rings. The van der Waals surface area contributed by atoms with Crippen LogP contribution < -0.4 is 19.5 Å². The van der Waals surface area contributed by atoms with Crippen molar-refractivity contribution in [3.8, 4) is 28.4 Å². The molecule has 1 N–H and O–H groups in total. The molecule has 0 aliphatic heterocycles. The largest absolute Gasteiger partial charge is 0.493 e. The monoisotopic (exact) mass is 329 g/mol. The number of hydrogen-bond acceptors (Lipinski definition) is 4. The fraction of sp³-hybridized carbons (Fsp3) is 0.316. The number of ether oxygens (including phenoxy) is 3. The van der Waals surface area contributed by atoms with Gasteiger partial charge in [-0.3, -0.25) is 4.79 Å². The van der Waals surface area contributed by atoms with E-state index in [-0.39, 0.29) is 5.91 Å². The molecule has 0 heterocycles. The fourth-order valence-electron chi connectivity index (χ4n) is 2.69. The highest BCUT2D eigenvalue weighted by atomic mass is 16.5. The molecule has 0 radical (unpaired) electrons. The maximum Gasteiger partial charge on any atom is 0.221 e. The summed E-state index contributed by atoms with van der Waals surface area (Å²) in [6.07, 6.45) is 0.805. The number of benzene rings is 2. The third-order valence-electron chi connectivity index (χ3n) is 3.81. The van der Waals surface area contributed by atoms with Crippen LogP contribution >= 0.6 is 0 Å². The van der Waals surface area contributed by atoms with Crippen LogP contribution in [-0.4, -0.2) is 27.2 Å². The van der Waals surface area contributed by atoms with Gasteiger partial charge in [0.25, 0.3) is 0 Å². The number of hydrogen-bond donors (Lipinski definition) is 1. The van der Waals surface area contributed by atoms with Crippen molar-refractivity contribution in [3.05, 3.63) is 35.9 Å². The molecule has 0 spiro atoms. The van der Waals surface area contributed by atoms with Gasteiger partial charge in [-0.1, -0.05) is 13.0 Å². The van der Waals surface area contributed by atoms with E-state index < -0.39 is 0 Å². The van der Waals surface area contributed by atoms with Gasteiger partial charge < -0.3 is 19.5 Å². The number of nitrogens with one attached hydrogen (secondary N) is 1. The van der Waals surface area contributed by atoms with Gasteiger partial charge in [0.1, 0.15) is 0 Å². The molecule has 128 valence electrons. The predicted molar refractivity (Wildman–Crippen MR) is 95.2 cm³/mol. The second kappa shape index (κ2) is 7.73. The SMILES string of the molecule is CCc1cc(-c2ccc(OC)c(OC)c2OC)ccc1NC(C)=O. The lowest BCUT2D eigenvalue weighted by Crippen LogP contribution is -2.08. The Morgan fingerprint density at radius 1 is 1.00 bits per heavy atom. The van der Waals surface area contributed by atoms with E-state index in [0.717, 1.165) is 28.8 Å². The highest BCUT2D eigenvalue weighted by molar-refractivity contribution is 5.90. The van der Waals surface area contributed by atoms with Crippen LogP contribution in [0.5, 0.6) is 17.2 Å². The molecule has 0 bridgehead atoms. The van der Waals surface area contributed by atoms with Crippen LogP contribution in [0.25, 0.3) is 11.1 Å². The van der Waals surface area contributed by atoms with E-state index in [1.165, 1.54) is 6.92 Å². The molecular weight excluding hydrogens is 306 g/mol. The van der Waals surface area contributed by atoms with Gasteiger partial charge in [-0.05, 0) is 41.8 Å². The third-order valence-corrected chi connectivity index (χ3v) is 3.81. The van der Waals surface area contributed by atoms with Crippen molar-refractivity contribution in [1.82, 2.24) is 0 Å². The van der Waals surface area contributed by atoms with Crippen molar-refractivity contribution in [1.29, 1.82) is 0 Å². The predicted octanol–water partition coefficient (Wildman–Crippen LogP) is 3.90. The molecule has 2 aromatic rings. The van der Waals surface area contributed by atoms with Crippen molar-refractivity contribution in [2.45, 2.75) is 20.3 Å². The zero-order valence-electron chi connectivity index (χ0n) is 14.7. The average Bonchev–Trinajstić information content (AvgIpc) is 2.60. The maximum atomic E-state index is 11.3. The van der Waals surface area contributed by atoms with E-state index in [2.05, 4.69) is 18.3 Å². The molecule has 0 aliphatic carbocycles. The summed E-state index contributed by atoms with van der Waals surface area (Å²) in [6, 6.07) is 9.70. The second-order valence-electron chi connectivity index (χ2n) is 5.29. The Hall–Kier alpha value is -2.69. The van der Waals surface area contributed by atoms with Crippen molar-refractivity contribution >= 4 is 11.6 Å². The number of aryl methyl sites for hydroxylation is 1. The first-order valence-corrected chi connectivity index (χ1v) is 7.75. The molecule has 1 amide bonds. The lowest BCUT2D eigenvalue weighted by atomic mass is 9.99. The van der Waals surface area contributed by atoms with E-state index in [4.69, 9.17) is 14.2 Å². The number of carbonyl (C=O) groups excluding carboxylic acids is 1. The maximum absolute atomic E-state index is 11.3. The van der Waals surface area contributed by atoms with Gasteiger partial charge >= 0.3 is 0 Å². The molecule has 2 aromatic carbocycles. The van der Waals surface area contributed by atoms with E-state index in [1.807, 2.05) is 24.3 Å². The van der Waals surface area contributed by atoms with E-state index in [0.29, 0.717) is 17.2 Å². The van der Waals surface area contributed by atoms with Gasteiger partial charge in [0, 0.05) is 18.2 Å². The van der Waals surface area contributed by atoms with E-state index in [1.54, 1.807) is 21.3 Å². The summed E-state index contributed by atoms with van der Waals surface area (Å²) < 4.78 is 16.3. The number of anilines is 1. The van der Waals surface area contributed by atoms with Gasteiger partial charge in [-0.25, -0.2) is 0 Å². The lowest BCUT2D eigenvalue weighted by molar-refractivity contribution is -0.114. The summed E-state index contributed by atoms with van der Waals surface area (Å²) in [5.74, 6) is 1.71. The van der Waals surface area contributed by atoms with Crippen molar-refractivity contribution < 1.29 is 19.0 Å². The Morgan fingerprint density at radius 3 is 2.25 bits per heavy atom. The zero-order chi connectivity index (χ0) is 17.7. The Kier molecular flexibility index (Phi) is 5.68. The minimum atomic E-state index is -0.0823. The Morgan fingerprint density at radius 2 is 1.71 bits per heavy atom. The summed E-state index contributed by atoms with van der Waals surface area (Å²) >= 11 is 0. The number of amides is 1. The molecule has 24 heavy (non-hydrogen) atoms. The minimum absolute atomic E-state index is 0.0823. The van der Waals surface area contributed by atoms with Gasteiger partial charge in [0.2, 0.25) is 11.7 Å². The average molecular weight is 329 g/mol. The molecule has 0 fully saturated rings. The summed E-state index contributed by atoms with van der Waals surface area (Å²) in [5.41, 5.74) is 3.77. The highest BCUT2D eigenvalue weighted by Crippen LogP contribution is 2.44. The molecule has 0 aromatic heterocycles. The quantitative estimate of drug-likeness (QED) is 0.873. The molecule has 0 atom stereocenters. The smallest absolute Gasteiger partial charge is 0.221 e. The van der Waals surface area contributed by atoms with Crippen LogP contribution in [-0.2, 0) is 11.2 Å². The Labute approximate surface area is 142 Å². The normalized spacial score (nSPS) is 10.2. The highest BCUT2D eigenvalue weighted by Gasteiger charge is 2.17. The Balaban J connectivity index is 2.57. The first kappa shape index (κ1) is 17.7. The zero-order valence-corrected chi connectivity index (χ0v) is 14.7. The topological polar surface area (TPSA) is 56.8 Å². The molecule has 0 unspecified atom stereocenters. The first-order valence-electron chi connectivity index (χ1n) is 7.75. The first-order chi connectivity index (χ1) is 11.5. The number of carbonyl (C=O) groups is 1. The standard InChI is InChI=1S/C19H23NO4/c1-6-13-11-14(7-9-16(13)20-12(2)21)15-8-10-17(22-3)19(24-5)18(15)23-4/h7-11H,6H2,1-5H3,(H,20,21). The molecule has 5 nitrogen and oxygen atoms in total. The van der Waals surface area contributed by atoms with E-state index >= 15 is 0 Å². The molecule has 2 rings (SSSR count). The van der Waals surface area contributed by atoms with Crippen LogP contribution in [0.3, 0.4) is 0 Å². The Bertz CT molecular complexity index is 740. The van der Waals surface area contributed by atoms with Gasteiger partial charge in [0.15, 0.2) is 11.5 Å². The van der Waals surface area contributed by atoms with Gasteiger partial charge in [0.05, 0.1) is 21.3 Å². The van der Waals surface area contributed by atoms with Crippen LogP contribution in [0.4, 0.5) is 5.69 Å². The van der Waals surface area contributed by atoms with Crippen LogP contribution in [0.2, 0.25) is 0 Å². The van der Waals surface area contributed by atoms with Gasteiger partial charge in [-0.15, -0.1) is 0 Å². The van der Waals surface area contributed by atoms with Crippen LogP contribution in [0.1, 0.15) is 19.4 Å².